The smallest absolute Gasteiger partial charge is 0.233 e. The van der Waals surface area contributed by atoms with Crippen LogP contribution in [0.4, 0.5) is 4.39 Å². The van der Waals surface area contributed by atoms with Crippen LogP contribution >= 0.6 is 11.8 Å². The highest BCUT2D eigenvalue weighted by atomic mass is 32.2. The maximum atomic E-state index is 13.0. The molecule has 0 saturated heterocycles. The standard InChI is InChI=1S/C19H18FN3OS/c1-12(14-7-9-15(20)10-8-14)23-18(24)13(2)25-19-16-5-3-4-6-17(16)21-11-22-19/h3-13H,1-2H3,(H,23,24)/t12-,13-/m1/s1. The van der Waals surface area contributed by atoms with Gasteiger partial charge in [0.1, 0.15) is 17.2 Å². The van der Waals surface area contributed by atoms with E-state index in [1.165, 1.54) is 30.2 Å². The van der Waals surface area contributed by atoms with Crippen molar-refractivity contribution >= 4 is 28.6 Å². The van der Waals surface area contributed by atoms with E-state index < -0.39 is 0 Å². The summed E-state index contributed by atoms with van der Waals surface area (Å²) in [4.78, 5) is 21.0. The molecule has 2 atom stereocenters. The number of amides is 1. The molecule has 3 aromatic rings. The molecule has 4 nitrogen and oxygen atoms in total. The highest BCUT2D eigenvalue weighted by Gasteiger charge is 2.19. The lowest BCUT2D eigenvalue weighted by Crippen LogP contribution is -2.33. The number of fused-ring (bicyclic) bond motifs is 1. The number of benzene rings is 2. The first-order chi connectivity index (χ1) is 12.0. The van der Waals surface area contributed by atoms with Gasteiger partial charge in [0.2, 0.25) is 5.91 Å². The minimum atomic E-state index is -0.318. The van der Waals surface area contributed by atoms with Crippen LogP contribution in [-0.4, -0.2) is 21.1 Å². The zero-order chi connectivity index (χ0) is 17.8. The summed E-state index contributed by atoms with van der Waals surface area (Å²) >= 11 is 1.40. The van der Waals surface area contributed by atoms with Crippen LogP contribution in [0.5, 0.6) is 0 Å². The van der Waals surface area contributed by atoms with Gasteiger partial charge in [-0.05, 0) is 37.6 Å². The summed E-state index contributed by atoms with van der Waals surface area (Å²) < 4.78 is 13.0. The van der Waals surface area contributed by atoms with E-state index >= 15 is 0 Å². The van der Waals surface area contributed by atoms with Crippen LogP contribution in [0.3, 0.4) is 0 Å². The molecule has 1 N–H and O–H groups in total. The molecule has 1 amide bonds. The number of hydrogen-bond acceptors (Lipinski definition) is 4. The van der Waals surface area contributed by atoms with Crippen LogP contribution in [0.15, 0.2) is 59.9 Å². The lowest BCUT2D eigenvalue weighted by atomic mass is 10.1. The highest BCUT2D eigenvalue weighted by molar-refractivity contribution is 8.00. The van der Waals surface area contributed by atoms with E-state index in [2.05, 4.69) is 15.3 Å². The number of rotatable bonds is 5. The Morgan fingerprint density at radius 2 is 1.80 bits per heavy atom. The summed E-state index contributed by atoms with van der Waals surface area (Å²) in [7, 11) is 0. The molecule has 0 fully saturated rings. The minimum Gasteiger partial charge on any atom is -0.349 e. The van der Waals surface area contributed by atoms with Crippen molar-refractivity contribution in [3.8, 4) is 0 Å². The van der Waals surface area contributed by atoms with Crippen molar-refractivity contribution in [2.75, 3.05) is 0 Å². The molecule has 0 unspecified atom stereocenters. The van der Waals surface area contributed by atoms with Gasteiger partial charge in [0.05, 0.1) is 16.8 Å². The molecule has 0 radical (unpaired) electrons. The second-order valence-corrected chi connectivity index (χ2v) is 7.07. The summed E-state index contributed by atoms with van der Waals surface area (Å²) in [6.45, 7) is 3.72. The molecule has 0 aliphatic heterocycles. The SMILES string of the molecule is C[C@@H](Sc1ncnc2ccccc12)C(=O)N[C@H](C)c1ccc(F)cc1. The first-order valence-corrected chi connectivity index (χ1v) is 8.85. The molecular formula is C19H18FN3OS. The van der Waals surface area contributed by atoms with Crippen molar-refractivity contribution in [3.05, 3.63) is 66.2 Å². The largest absolute Gasteiger partial charge is 0.349 e. The Morgan fingerprint density at radius 3 is 2.56 bits per heavy atom. The van der Waals surface area contributed by atoms with Gasteiger partial charge in [-0.2, -0.15) is 0 Å². The maximum absolute atomic E-state index is 13.0. The number of carbonyl (C=O) groups is 1. The molecule has 3 rings (SSSR count). The van der Waals surface area contributed by atoms with Gasteiger partial charge >= 0.3 is 0 Å². The third kappa shape index (κ3) is 4.14. The topological polar surface area (TPSA) is 54.9 Å². The number of nitrogens with one attached hydrogen (secondary N) is 1. The van der Waals surface area contributed by atoms with Crippen molar-refractivity contribution in [1.29, 1.82) is 0 Å². The van der Waals surface area contributed by atoms with Gasteiger partial charge in [-0.15, -0.1) is 0 Å². The Bertz CT molecular complexity index is 880. The number of carbonyl (C=O) groups excluding carboxylic acids is 1. The Morgan fingerprint density at radius 1 is 1.08 bits per heavy atom. The second-order valence-electron chi connectivity index (χ2n) is 5.74. The zero-order valence-corrected chi connectivity index (χ0v) is 14.8. The number of aromatic nitrogens is 2. The van der Waals surface area contributed by atoms with E-state index in [4.69, 9.17) is 0 Å². The average Bonchev–Trinajstić information content (AvgIpc) is 2.62. The van der Waals surface area contributed by atoms with E-state index in [9.17, 15) is 9.18 Å². The number of halogens is 1. The molecule has 25 heavy (non-hydrogen) atoms. The monoisotopic (exact) mass is 355 g/mol. The average molecular weight is 355 g/mol. The molecule has 1 aromatic heterocycles. The van der Waals surface area contributed by atoms with Gasteiger partial charge < -0.3 is 5.32 Å². The van der Waals surface area contributed by atoms with Gasteiger partial charge in [0.25, 0.3) is 0 Å². The molecule has 2 aromatic carbocycles. The first-order valence-electron chi connectivity index (χ1n) is 7.97. The summed E-state index contributed by atoms with van der Waals surface area (Å²) in [6.07, 6.45) is 1.51. The van der Waals surface area contributed by atoms with Crippen molar-refractivity contribution in [3.63, 3.8) is 0 Å². The molecule has 0 aliphatic rings. The molecule has 0 bridgehead atoms. The van der Waals surface area contributed by atoms with Gasteiger partial charge in [-0.3, -0.25) is 4.79 Å². The van der Waals surface area contributed by atoms with Crippen molar-refractivity contribution < 1.29 is 9.18 Å². The van der Waals surface area contributed by atoms with E-state index in [0.717, 1.165) is 21.5 Å². The van der Waals surface area contributed by atoms with Crippen molar-refractivity contribution in [2.45, 2.75) is 30.2 Å². The van der Waals surface area contributed by atoms with Crippen molar-refractivity contribution in [2.24, 2.45) is 0 Å². The lowest BCUT2D eigenvalue weighted by molar-refractivity contribution is -0.120. The maximum Gasteiger partial charge on any atom is 0.233 e. The molecule has 0 aliphatic carbocycles. The second kappa shape index (κ2) is 7.61. The number of para-hydroxylation sites is 1. The van der Waals surface area contributed by atoms with E-state index in [1.807, 2.05) is 38.1 Å². The Balaban J connectivity index is 1.69. The summed E-state index contributed by atoms with van der Waals surface area (Å²) in [5.74, 6) is -0.383. The fourth-order valence-corrected chi connectivity index (χ4v) is 3.38. The molecule has 1 heterocycles. The highest BCUT2D eigenvalue weighted by Crippen LogP contribution is 2.28. The normalized spacial score (nSPS) is 13.4. The quantitative estimate of drug-likeness (QED) is 0.552. The summed E-state index contributed by atoms with van der Waals surface area (Å²) in [5, 5.41) is 4.35. The van der Waals surface area contributed by atoms with Crippen LogP contribution in [0.1, 0.15) is 25.5 Å². The van der Waals surface area contributed by atoms with Gasteiger partial charge in [0, 0.05) is 5.39 Å². The molecule has 0 saturated carbocycles. The van der Waals surface area contributed by atoms with Crippen LogP contribution in [-0.2, 0) is 4.79 Å². The molecular weight excluding hydrogens is 337 g/mol. The molecule has 0 spiro atoms. The van der Waals surface area contributed by atoms with Crippen LogP contribution in [0, 0.1) is 5.82 Å². The fraction of sp³-hybridized carbons (Fsp3) is 0.211. The lowest BCUT2D eigenvalue weighted by Gasteiger charge is -2.18. The van der Waals surface area contributed by atoms with Crippen LogP contribution in [0.25, 0.3) is 10.9 Å². The van der Waals surface area contributed by atoms with Crippen molar-refractivity contribution in [1.82, 2.24) is 15.3 Å². The predicted molar refractivity (Wildman–Crippen MR) is 97.8 cm³/mol. The van der Waals surface area contributed by atoms with Gasteiger partial charge in [0.15, 0.2) is 0 Å². The van der Waals surface area contributed by atoms with Crippen LogP contribution in [0.2, 0.25) is 0 Å². The Hall–Kier alpha value is -2.47. The van der Waals surface area contributed by atoms with E-state index in [0.29, 0.717) is 0 Å². The van der Waals surface area contributed by atoms with Gasteiger partial charge in [-0.1, -0.05) is 42.1 Å². The molecule has 128 valence electrons. The predicted octanol–water partition coefficient (Wildman–Crippen LogP) is 4.13. The zero-order valence-electron chi connectivity index (χ0n) is 13.9. The van der Waals surface area contributed by atoms with E-state index in [1.54, 1.807) is 12.1 Å². The summed E-state index contributed by atoms with van der Waals surface area (Å²) in [6, 6.07) is 13.7. The third-order valence-electron chi connectivity index (χ3n) is 3.89. The number of nitrogens with zero attached hydrogens (tertiary/aromatic N) is 2. The van der Waals surface area contributed by atoms with Gasteiger partial charge in [-0.25, -0.2) is 14.4 Å². The molecule has 6 heteroatoms. The third-order valence-corrected chi connectivity index (χ3v) is 5.01. The first kappa shape index (κ1) is 17.4. The Kier molecular flexibility index (Phi) is 5.28. The fourth-order valence-electron chi connectivity index (χ4n) is 2.46. The van der Waals surface area contributed by atoms with Crippen LogP contribution < -0.4 is 5.32 Å². The summed E-state index contributed by atoms with van der Waals surface area (Å²) in [5.41, 5.74) is 1.71. The minimum absolute atomic E-state index is 0.0930. The number of hydrogen-bond donors (Lipinski definition) is 1. The Labute approximate surface area is 149 Å². The number of thioether (sulfide) groups is 1. The van der Waals surface area contributed by atoms with E-state index in [-0.39, 0.29) is 23.0 Å².